The van der Waals surface area contributed by atoms with Crippen LogP contribution in [0.15, 0.2) is 42.5 Å². The van der Waals surface area contributed by atoms with Gasteiger partial charge in [0.1, 0.15) is 11.6 Å². The Morgan fingerprint density at radius 2 is 1.80 bits per heavy atom. The van der Waals surface area contributed by atoms with Gasteiger partial charge < -0.3 is 9.72 Å². The molecule has 5 heteroatoms. The summed E-state index contributed by atoms with van der Waals surface area (Å²) in [7, 11) is 0. The summed E-state index contributed by atoms with van der Waals surface area (Å²) in [6.07, 6.45) is 0.693. The van der Waals surface area contributed by atoms with Gasteiger partial charge in [0, 0.05) is 6.42 Å². The van der Waals surface area contributed by atoms with Gasteiger partial charge in [-0.1, -0.05) is 41.4 Å². The Kier molecular flexibility index (Phi) is 3.81. The molecule has 1 N–H and O–H groups in total. The number of hydrogen-bond donors (Lipinski definition) is 1. The SMILES string of the molecule is Clc1cc2nc(CCOc3ccccc3)[nH]c2cc1Cl. The highest BCUT2D eigenvalue weighted by atomic mass is 35.5. The molecule has 3 aromatic rings. The third-order valence-corrected chi connectivity index (χ3v) is 3.65. The van der Waals surface area contributed by atoms with E-state index >= 15 is 0 Å². The van der Waals surface area contributed by atoms with Gasteiger partial charge in [-0.15, -0.1) is 0 Å². The number of fused-ring (bicyclic) bond motifs is 1. The smallest absolute Gasteiger partial charge is 0.119 e. The van der Waals surface area contributed by atoms with Crippen molar-refractivity contribution in [1.29, 1.82) is 0 Å². The molecule has 0 aliphatic carbocycles. The Hall–Kier alpha value is -1.71. The van der Waals surface area contributed by atoms with Crippen molar-refractivity contribution < 1.29 is 4.74 Å². The lowest BCUT2D eigenvalue weighted by atomic mass is 10.3. The van der Waals surface area contributed by atoms with Gasteiger partial charge in [-0.05, 0) is 24.3 Å². The Morgan fingerprint density at radius 1 is 1.05 bits per heavy atom. The van der Waals surface area contributed by atoms with E-state index in [1.165, 1.54) is 0 Å². The van der Waals surface area contributed by atoms with Crippen LogP contribution in [0.1, 0.15) is 5.82 Å². The largest absolute Gasteiger partial charge is 0.493 e. The molecule has 0 saturated heterocycles. The van der Waals surface area contributed by atoms with Crippen LogP contribution in [0.4, 0.5) is 0 Å². The van der Waals surface area contributed by atoms with Crippen molar-refractivity contribution in [3.8, 4) is 5.75 Å². The lowest BCUT2D eigenvalue weighted by Crippen LogP contribution is -2.02. The molecule has 0 amide bonds. The average Bonchev–Trinajstić information content (AvgIpc) is 2.82. The van der Waals surface area contributed by atoms with E-state index in [-0.39, 0.29) is 0 Å². The number of aromatic amines is 1. The number of imidazole rings is 1. The summed E-state index contributed by atoms with van der Waals surface area (Å²) in [6.45, 7) is 0.561. The van der Waals surface area contributed by atoms with Crippen LogP contribution in [0.2, 0.25) is 10.0 Å². The first-order chi connectivity index (χ1) is 9.72. The van der Waals surface area contributed by atoms with Crippen LogP contribution < -0.4 is 4.74 Å². The van der Waals surface area contributed by atoms with Gasteiger partial charge in [-0.25, -0.2) is 4.98 Å². The maximum Gasteiger partial charge on any atom is 0.119 e. The molecule has 0 aliphatic rings. The highest BCUT2D eigenvalue weighted by Crippen LogP contribution is 2.26. The van der Waals surface area contributed by atoms with Crippen LogP contribution in [0, 0.1) is 0 Å². The molecule has 0 spiro atoms. The molecule has 0 fully saturated rings. The fourth-order valence-electron chi connectivity index (χ4n) is 1.96. The van der Waals surface area contributed by atoms with Crippen molar-refractivity contribution in [2.45, 2.75) is 6.42 Å². The standard InChI is InChI=1S/C15H12Cl2N2O/c16-11-8-13-14(9-12(11)17)19-15(18-13)6-7-20-10-4-2-1-3-5-10/h1-5,8-9H,6-7H2,(H,18,19). The second-order valence-corrected chi connectivity index (χ2v) is 5.19. The number of rotatable bonds is 4. The summed E-state index contributed by atoms with van der Waals surface area (Å²) in [4.78, 5) is 7.68. The Balaban J connectivity index is 1.69. The van der Waals surface area contributed by atoms with Gasteiger partial charge in [-0.3, -0.25) is 0 Å². The molecule has 2 aromatic carbocycles. The minimum Gasteiger partial charge on any atom is -0.493 e. The number of hydrogen-bond acceptors (Lipinski definition) is 2. The molecule has 0 bridgehead atoms. The van der Waals surface area contributed by atoms with Crippen molar-refractivity contribution in [2.75, 3.05) is 6.61 Å². The molecule has 1 aromatic heterocycles. The molecule has 1 heterocycles. The van der Waals surface area contributed by atoms with E-state index < -0.39 is 0 Å². The first-order valence-corrected chi connectivity index (χ1v) is 6.99. The quantitative estimate of drug-likeness (QED) is 0.771. The monoisotopic (exact) mass is 306 g/mol. The molecule has 102 valence electrons. The lowest BCUT2D eigenvalue weighted by Gasteiger charge is -2.03. The number of aromatic nitrogens is 2. The maximum absolute atomic E-state index is 5.98. The van der Waals surface area contributed by atoms with E-state index in [1.54, 1.807) is 12.1 Å². The van der Waals surface area contributed by atoms with Gasteiger partial charge in [0.05, 0.1) is 27.7 Å². The van der Waals surface area contributed by atoms with Crippen LogP contribution in [0.3, 0.4) is 0 Å². The number of para-hydroxylation sites is 1. The minimum atomic E-state index is 0.512. The summed E-state index contributed by atoms with van der Waals surface area (Å²) in [5, 5.41) is 1.03. The van der Waals surface area contributed by atoms with E-state index in [2.05, 4.69) is 9.97 Å². The van der Waals surface area contributed by atoms with E-state index in [4.69, 9.17) is 27.9 Å². The number of ether oxygens (including phenoxy) is 1. The number of nitrogens with zero attached hydrogens (tertiary/aromatic N) is 1. The summed E-state index contributed by atoms with van der Waals surface area (Å²) in [5.74, 6) is 1.71. The number of benzene rings is 2. The number of nitrogens with one attached hydrogen (secondary N) is 1. The summed E-state index contributed by atoms with van der Waals surface area (Å²) in [5.41, 5.74) is 1.70. The van der Waals surface area contributed by atoms with Crippen molar-refractivity contribution in [3.05, 3.63) is 58.3 Å². The molecule has 0 radical (unpaired) electrons. The zero-order valence-corrected chi connectivity index (χ0v) is 12.1. The summed E-state index contributed by atoms with van der Waals surface area (Å²) >= 11 is 11.9. The number of H-pyrrole nitrogens is 1. The minimum absolute atomic E-state index is 0.512. The second-order valence-electron chi connectivity index (χ2n) is 4.38. The van der Waals surface area contributed by atoms with Gasteiger partial charge in [0.15, 0.2) is 0 Å². The summed E-state index contributed by atoms with van der Waals surface area (Å²) < 4.78 is 5.64. The molecule has 3 nitrogen and oxygen atoms in total. The van der Waals surface area contributed by atoms with E-state index in [0.717, 1.165) is 22.6 Å². The predicted octanol–water partition coefficient (Wildman–Crippen LogP) is 4.49. The van der Waals surface area contributed by atoms with Crippen molar-refractivity contribution >= 4 is 34.2 Å². The topological polar surface area (TPSA) is 37.9 Å². The fraction of sp³-hybridized carbons (Fsp3) is 0.133. The third kappa shape index (κ3) is 2.89. The van der Waals surface area contributed by atoms with Crippen LogP contribution in [-0.4, -0.2) is 16.6 Å². The molecule has 20 heavy (non-hydrogen) atoms. The van der Waals surface area contributed by atoms with Crippen molar-refractivity contribution in [1.82, 2.24) is 9.97 Å². The summed E-state index contributed by atoms with van der Waals surface area (Å²) in [6, 6.07) is 13.3. The van der Waals surface area contributed by atoms with Crippen LogP contribution in [-0.2, 0) is 6.42 Å². The van der Waals surface area contributed by atoms with Crippen LogP contribution >= 0.6 is 23.2 Å². The van der Waals surface area contributed by atoms with Gasteiger partial charge in [0.2, 0.25) is 0 Å². The fourth-order valence-corrected chi connectivity index (χ4v) is 2.28. The zero-order valence-electron chi connectivity index (χ0n) is 10.6. The molecule has 0 atom stereocenters. The Labute approximate surface area is 126 Å². The maximum atomic E-state index is 5.98. The average molecular weight is 307 g/mol. The van der Waals surface area contributed by atoms with E-state index in [1.807, 2.05) is 30.3 Å². The first-order valence-electron chi connectivity index (χ1n) is 6.24. The van der Waals surface area contributed by atoms with Gasteiger partial charge in [0.25, 0.3) is 0 Å². The van der Waals surface area contributed by atoms with Crippen molar-refractivity contribution in [2.24, 2.45) is 0 Å². The lowest BCUT2D eigenvalue weighted by molar-refractivity contribution is 0.319. The zero-order chi connectivity index (χ0) is 13.9. The molecular weight excluding hydrogens is 295 g/mol. The van der Waals surface area contributed by atoms with Gasteiger partial charge in [-0.2, -0.15) is 0 Å². The Morgan fingerprint density at radius 3 is 2.60 bits per heavy atom. The second kappa shape index (κ2) is 5.73. The molecular formula is C15H12Cl2N2O. The van der Waals surface area contributed by atoms with Crippen LogP contribution in [0.5, 0.6) is 5.75 Å². The molecule has 0 aliphatic heterocycles. The third-order valence-electron chi connectivity index (χ3n) is 2.92. The van der Waals surface area contributed by atoms with Gasteiger partial charge >= 0.3 is 0 Å². The Bertz CT molecular complexity index is 686. The normalized spacial score (nSPS) is 10.9. The molecule has 0 saturated carbocycles. The molecule has 0 unspecified atom stereocenters. The van der Waals surface area contributed by atoms with E-state index in [0.29, 0.717) is 23.1 Å². The first kappa shape index (κ1) is 13.3. The van der Waals surface area contributed by atoms with Crippen molar-refractivity contribution in [3.63, 3.8) is 0 Å². The van der Waals surface area contributed by atoms with E-state index in [9.17, 15) is 0 Å². The highest BCUT2D eigenvalue weighted by molar-refractivity contribution is 6.42. The van der Waals surface area contributed by atoms with Crippen LogP contribution in [0.25, 0.3) is 11.0 Å². The predicted molar refractivity (Wildman–Crippen MR) is 81.8 cm³/mol. The highest BCUT2D eigenvalue weighted by Gasteiger charge is 2.06. The number of halogens is 2. The molecule has 3 rings (SSSR count).